The first-order valence-electron chi connectivity index (χ1n) is 11.7. The van der Waals surface area contributed by atoms with Gasteiger partial charge in [0.15, 0.2) is 0 Å². The molecule has 12 heteroatoms. The average Bonchev–Trinajstić information content (AvgIpc) is 3.40. The lowest BCUT2D eigenvalue weighted by Crippen LogP contribution is -2.35. The third-order valence-electron chi connectivity index (χ3n) is 5.96. The van der Waals surface area contributed by atoms with E-state index in [1.165, 1.54) is 30.5 Å². The minimum Gasteiger partial charge on any atom is -0.491 e. The molecule has 6 nitrogen and oxygen atoms in total. The Labute approximate surface area is 214 Å². The number of anilines is 2. The van der Waals surface area contributed by atoms with Crippen LogP contribution in [0.3, 0.4) is 0 Å². The third kappa shape index (κ3) is 6.36. The zero-order chi connectivity index (χ0) is 27.3. The van der Waals surface area contributed by atoms with Crippen LogP contribution in [0.5, 0.6) is 5.75 Å². The summed E-state index contributed by atoms with van der Waals surface area (Å²) in [6.07, 6.45) is -2.86. The lowest BCUT2D eigenvalue weighted by atomic mass is 10.1. The van der Waals surface area contributed by atoms with Gasteiger partial charge in [-0.2, -0.15) is 22.0 Å². The van der Waals surface area contributed by atoms with Gasteiger partial charge in [0.05, 0.1) is 11.1 Å². The lowest BCUT2D eigenvalue weighted by Gasteiger charge is -2.24. The molecule has 4 rings (SSSR count). The molecule has 1 aliphatic rings. The molecule has 0 aliphatic carbocycles. The van der Waals surface area contributed by atoms with Crippen LogP contribution in [0.2, 0.25) is 0 Å². The summed E-state index contributed by atoms with van der Waals surface area (Å²) in [5.74, 6) is -6.72. The number of aromatic nitrogens is 1. The number of pyridine rings is 1. The van der Waals surface area contributed by atoms with Crippen molar-refractivity contribution in [3.8, 4) is 5.75 Å². The predicted octanol–water partition coefficient (Wildman–Crippen LogP) is 5.87. The zero-order valence-electron chi connectivity index (χ0n) is 19.9. The van der Waals surface area contributed by atoms with E-state index in [2.05, 4.69) is 20.9 Å². The number of benzene rings is 2. The molecule has 1 aromatic heterocycles. The molecule has 2 aromatic carbocycles. The van der Waals surface area contributed by atoms with E-state index in [0.29, 0.717) is 19.0 Å². The standard InChI is InChI=1S/C26H24F6N4O2/c27-17-7-5-16(6-8-17)14-35-23-20(4-2-12-34-23)24(37)36-18-9-10-21(25(28,29)26(30,31)32)22(13-18)38-15-19-3-1-11-33-19/h2,4-10,12-13,19,33H,1,3,11,14-15H2,(H,34,35)(H,36,37). The maximum absolute atomic E-state index is 14.2. The SMILES string of the molecule is O=C(Nc1ccc(C(F)(F)C(F)(F)F)c(OCC2CCCN2)c1)c1cccnc1NCc1ccc(F)cc1. The fourth-order valence-corrected chi connectivity index (χ4v) is 3.94. The summed E-state index contributed by atoms with van der Waals surface area (Å²) in [5.41, 5.74) is -0.566. The Bertz CT molecular complexity index is 1260. The van der Waals surface area contributed by atoms with Crippen molar-refractivity contribution in [2.75, 3.05) is 23.8 Å². The Morgan fingerprint density at radius 2 is 1.84 bits per heavy atom. The van der Waals surface area contributed by atoms with Crippen molar-refractivity contribution in [3.05, 3.63) is 83.3 Å². The van der Waals surface area contributed by atoms with Gasteiger partial charge in [0, 0.05) is 30.5 Å². The Hall–Kier alpha value is -3.80. The molecule has 1 aliphatic heterocycles. The van der Waals surface area contributed by atoms with Gasteiger partial charge in [-0.15, -0.1) is 0 Å². The van der Waals surface area contributed by atoms with Crippen LogP contribution >= 0.6 is 0 Å². The summed E-state index contributed by atoms with van der Waals surface area (Å²) in [4.78, 5) is 17.1. The summed E-state index contributed by atoms with van der Waals surface area (Å²) in [6, 6.07) is 11.0. The molecule has 3 aromatic rings. The number of alkyl halides is 5. The normalized spacial score (nSPS) is 15.8. The number of carbonyl (C=O) groups excluding carboxylic acids is 1. The van der Waals surface area contributed by atoms with Crippen molar-refractivity contribution in [2.24, 2.45) is 0 Å². The largest absolute Gasteiger partial charge is 0.491 e. The van der Waals surface area contributed by atoms with Gasteiger partial charge in [0.1, 0.15) is 24.0 Å². The summed E-state index contributed by atoms with van der Waals surface area (Å²) in [7, 11) is 0. The summed E-state index contributed by atoms with van der Waals surface area (Å²) >= 11 is 0. The number of carbonyl (C=O) groups is 1. The van der Waals surface area contributed by atoms with Crippen molar-refractivity contribution in [1.29, 1.82) is 0 Å². The van der Waals surface area contributed by atoms with Crippen molar-refractivity contribution in [3.63, 3.8) is 0 Å². The molecule has 0 spiro atoms. The molecule has 1 unspecified atom stereocenters. The molecular formula is C26H24F6N4O2. The molecule has 1 amide bonds. The number of amides is 1. The van der Waals surface area contributed by atoms with Crippen molar-refractivity contribution in [2.45, 2.75) is 37.5 Å². The van der Waals surface area contributed by atoms with Crippen LogP contribution in [0, 0.1) is 5.82 Å². The van der Waals surface area contributed by atoms with E-state index in [9.17, 15) is 31.1 Å². The van der Waals surface area contributed by atoms with Crippen molar-refractivity contribution >= 4 is 17.4 Å². The van der Waals surface area contributed by atoms with Gasteiger partial charge >= 0.3 is 12.1 Å². The van der Waals surface area contributed by atoms with Crippen LogP contribution in [0.15, 0.2) is 60.8 Å². The van der Waals surface area contributed by atoms with Crippen LogP contribution in [0.1, 0.15) is 34.3 Å². The monoisotopic (exact) mass is 538 g/mol. The molecule has 1 saturated heterocycles. The van der Waals surface area contributed by atoms with E-state index in [4.69, 9.17) is 4.74 Å². The first-order valence-corrected chi connectivity index (χ1v) is 11.7. The first kappa shape index (κ1) is 27.2. The number of hydrogen-bond acceptors (Lipinski definition) is 5. The van der Waals surface area contributed by atoms with Gasteiger partial charge in [0.25, 0.3) is 5.91 Å². The highest BCUT2D eigenvalue weighted by atomic mass is 19.4. The smallest absolute Gasteiger partial charge is 0.458 e. The minimum atomic E-state index is -5.83. The third-order valence-corrected chi connectivity index (χ3v) is 5.96. The topological polar surface area (TPSA) is 75.3 Å². The fraction of sp³-hybridized carbons (Fsp3) is 0.308. The highest BCUT2D eigenvalue weighted by Crippen LogP contribution is 2.47. The van der Waals surface area contributed by atoms with E-state index in [-0.39, 0.29) is 36.3 Å². The number of hydrogen-bond donors (Lipinski definition) is 3. The Balaban J connectivity index is 1.54. The Morgan fingerprint density at radius 1 is 1.08 bits per heavy atom. The maximum Gasteiger partial charge on any atom is 0.458 e. The van der Waals surface area contributed by atoms with E-state index >= 15 is 0 Å². The molecule has 2 heterocycles. The molecular weight excluding hydrogens is 514 g/mol. The van der Waals surface area contributed by atoms with E-state index < -0.39 is 35.1 Å². The quantitative estimate of drug-likeness (QED) is 0.297. The number of halogens is 6. The second-order valence-electron chi connectivity index (χ2n) is 8.72. The molecule has 0 saturated carbocycles. The molecule has 202 valence electrons. The number of ether oxygens (including phenoxy) is 1. The summed E-state index contributed by atoms with van der Waals surface area (Å²) in [5, 5.41) is 8.55. The molecule has 3 N–H and O–H groups in total. The molecule has 1 fully saturated rings. The average molecular weight is 538 g/mol. The van der Waals surface area contributed by atoms with Gasteiger partial charge < -0.3 is 20.7 Å². The fourth-order valence-electron chi connectivity index (χ4n) is 3.94. The van der Waals surface area contributed by atoms with Gasteiger partial charge in [-0.3, -0.25) is 4.79 Å². The van der Waals surface area contributed by atoms with Crippen LogP contribution in [0.25, 0.3) is 0 Å². The van der Waals surface area contributed by atoms with Gasteiger partial charge in [-0.1, -0.05) is 12.1 Å². The van der Waals surface area contributed by atoms with E-state index in [0.717, 1.165) is 24.1 Å². The molecule has 0 bridgehead atoms. The van der Waals surface area contributed by atoms with Crippen molar-refractivity contribution < 1.29 is 35.9 Å². The minimum absolute atomic E-state index is 0.0422. The predicted molar refractivity (Wildman–Crippen MR) is 129 cm³/mol. The number of rotatable bonds is 9. The highest BCUT2D eigenvalue weighted by Gasteiger charge is 2.60. The first-order chi connectivity index (χ1) is 18.0. The molecule has 38 heavy (non-hydrogen) atoms. The van der Waals surface area contributed by atoms with E-state index in [1.807, 2.05) is 0 Å². The Morgan fingerprint density at radius 3 is 2.53 bits per heavy atom. The lowest BCUT2D eigenvalue weighted by molar-refractivity contribution is -0.289. The number of nitrogens with zero attached hydrogens (tertiary/aromatic N) is 1. The van der Waals surface area contributed by atoms with Crippen LogP contribution < -0.4 is 20.7 Å². The summed E-state index contributed by atoms with van der Waals surface area (Å²) in [6.45, 7) is 0.808. The Kier molecular flexibility index (Phi) is 8.10. The highest BCUT2D eigenvalue weighted by molar-refractivity contribution is 6.07. The van der Waals surface area contributed by atoms with E-state index in [1.54, 1.807) is 12.1 Å². The zero-order valence-corrected chi connectivity index (χ0v) is 19.9. The van der Waals surface area contributed by atoms with Crippen LogP contribution in [0.4, 0.5) is 37.8 Å². The number of nitrogens with one attached hydrogen (secondary N) is 3. The molecule has 1 atom stereocenters. The maximum atomic E-state index is 14.2. The van der Waals surface area contributed by atoms with Gasteiger partial charge in [-0.25, -0.2) is 9.37 Å². The van der Waals surface area contributed by atoms with Gasteiger partial charge in [-0.05, 0) is 61.3 Å². The van der Waals surface area contributed by atoms with Gasteiger partial charge in [0.2, 0.25) is 0 Å². The second-order valence-corrected chi connectivity index (χ2v) is 8.72. The van der Waals surface area contributed by atoms with Crippen molar-refractivity contribution in [1.82, 2.24) is 10.3 Å². The summed E-state index contributed by atoms with van der Waals surface area (Å²) < 4.78 is 86.4. The van der Waals surface area contributed by atoms with Crippen LogP contribution in [-0.2, 0) is 12.5 Å². The second kappa shape index (κ2) is 11.3. The van der Waals surface area contributed by atoms with Crippen LogP contribution in [-0.4, -0.2) is 36.3 Å². The molecule has 0 radical (unpaired) electrons.